The summed E-state index contributed by atoms with van der Waals surface area (Å²) in [5.74, 6) is -0.177. The maximum Gasteiger partial charge on any atom is 0.358 e. The summed E-state index contributed by atoms with van der Waals surface area (Å²) in [6, 6.07) is -0.0954. The van der Waals surface area contributed by atoms with E-state index in [9.17, 15) is 9.59 Å². The minimum absolute atomic E-state index is 0.0812. The Bertz CT molecular complexity index is 531. The lowest BCUT2D eigenvalue weighted by Gasteiger charge is -2.37. The first kappa shape index (κ1) is 15.6. The molecule has 1 aromatic rings. The van der Waals surface area contributed by atoms with Gasteiger partial charge in [0.1, 0.15) is 0 Å². The van der Waals surface area contributed by atoms with Gasteiger partial charge in [-0.05, 0) is 13.8 Å². The SMILES string of the molecule is CC1(C)CN(C(=O)NCCn2cc(C(=O)O)nn2)CCS1. The number of nitrogens with one attached hydrogen (secondary N) is 1. The Morgan fingerprint density at radius 3 is 2.90 bits per heavy atom. The molecule has 0 atom stereocenters. The quantitative estimate of drug-likeness (QED) is 0.840. The van der Waals surface area contributed by atoms with Crippen LogP contribution < -0.4 is 5.32 Å². The zero-order chi connectivity index (χ0) is 15.5. The molecule has 1 aliphatic rings. The van der Waals surface area contributed by atoms with Gasteiger partial charge in [-0.3, -0.25) is 0 Å². The number of hydrogen-bond donors (Lipinski definition) is 2. The van der Waals surface area contributed by atoms with Crippen LogP contribution in [0.15, 0.2) is 6.20 Å². The highest BCUT2D eigenvalue weighted by Crippen LogP contribution is 2.29. The normalized spacial score (nSPS) is 17.5. The molecule has 1 aromatic heterocycles. The summed E-state index contributed by atoms with van der Waals surface area (Å²) in [6.07, 6.45) is 1.34. The molecule has 116 valence electrons. The Labute approximate surface area is 126 Å². The molecule has 1 fully saturated rings. The van der Waals surface area contributed by atoms with Crippen molar-refractivity contribution >= 4 is 23.8 Å². The molecule has 0 radical (unpaired) electrons. The van der Waals surface area contributed by atoms with Crippen molar-refractivity contribution in [2.24, 2.45) is 0 Å². The Morgan fingerprint density at radius 2 is 2.29 bits per heavy atom. The maximum absolute atomic E-state index is 12.1. The third-order valence-electron chi connectivity index (χ3n) is 3.09. The lowest BCUT2D eigenvalue weighted by Crippen LogP contribution is -2.50. The lowest BCUT2D eigenvalue weighted by molar-refractivity contribution is 0.0690. The van der Waals surface area contributed by atoms with Crippen molar-refractivity contribution in [3.63, 3.8) is 0 Å². The van der Waals surface area contributed by atoms with Crippen LogP contribution in [0.25, 0.3) is 0 Å². The molecule has 21 heavy (non-hydrogen) atoms. The van der Waals surface area contributed by atoms with Crippen LogP contribution in [0, 0.1) is 0 Å². The van der Waals surface area contributed by atoms with Gasteiger partial charge in [0.05, 0.1) is 12.7 Å². The number of carbonyl (C=O) groups excluding carboxylic acids is 1. The Morgan fingerprint density at radius 1 is 1.52 bits per heavy atom. The van der Waals surface area contributed by atoms with Gasteiger partial charge in [0, 0.05) is 30.1 Å². The van der Waals surface area contributed by atoms with Crippen LogP contribution in [0.5, 0.6) is 0 Å². The van der Waals surface area contributed by atoms with Gasteiger partial charge in [-0.2, -0.15) is 11.8 Å². The Balaban J connectivity index is 1.77. The summed E-state index contributed by atoms with van der Waals surface area (Å²) in [5.41, 5.74) is -0.101. The molecular formula is C12H19N5O3S. The summed E-state index contributed by atoms with van der Waals surface area (Å²) in [6.45, 7) is 6.48. The number of nitrogens with zero attached hydrogens (tertiary/aromatic N) is 4. The van der Waals surface area contributed by atoms with E-state index in [1.54, 1.807) is 4.90 Å². The van der Waals surface area contributed by atoms with E-state index in [-0.39, 0.29) is 16.5 Å². The van der Waals surface area contributed by atoms with E-state index in [1.807, 2.05) is 11.8 Å². The zero-order valence-electron chi connectivity index (χ0n) is 12.1. The minimum atomic E-state index is -1.11. The second kappa shape index (κ2) is 6.33. The minimum Gasteiger partial charge on any atom is -0.476 e. The molecule has 2 amide bonds. The number of thioether (sulfide) groups is 1. The summed E-state index contributed by atoms with van der Waals surface area (Å²) < 4.78 is 1.48. The van der Waals surface area contributed by atoms with Gasteiger partial charge in [-0.25, -0.2) is 14.3 Å². The molecule has 0 saturated carbocycles. The standard InChI is InChI=1S/C12H19N5O3S/c1-12(2)8-16(5-6-21-12)11(20)13-3-4-17-7-9(10(18)19)14-15-17/h7H,3-6,8H2,1-2H3,(H,13,20)(H,18,19). The molecule has 0 aliphatic carbocycles. The number of urea groups is 1. The highest BCUT2D eigenvalue weighted by Gasteiger charge is 2.29. The summed E-state index contributed by atoms with van der Waals surface area (Å²) in [7, 11) is 0. The van der Waals surface area contributed by atoms with Crippen LogP contribution in [0.2, 0.25) is 0 Å². The second-order valence-corrected chi connectivity index (χ2v) is 7.24. The number of carboxylic acid groups (broad SMARTS) is 1. The molecule has 0 unspecified atom stereocenters. The van der Waals surface area contributed by atoms with Crippen molar-refractivity contribution in [2.45, 2.75) is 25.1 Å². The number of aromatic nitrogens is 3. The van der Waals surface area contributed by atoms with Crippen molar-refractivity contribution in [1.29, 1.82) is 0 Å². The third-order valence-corrected chi connectivity index (χ3v) is 4.39. The van der Waals surface area contributed by atoms with Gasteiger partial charge in [0.2, 0.25) is 0 Å². The van der Waals surface area contributed by atoms with Crippen LogP contribution in [0.3, 0.4) is 0 Å². The van der Waals surface area contributed by atoms with E-state index in [2.05, 4.69) is 29.5 Å². The fraction of sp³-hybridized carbons (Fsp3) is 0.667. The van der Waals surface area contributed by atoms with Crippen LogP contribution in [-0.4, -0.2) is 67.1 Å². The van der Waals surface area contributed by atoms with Crippen molar-refractivity contribution in [2.75, 3.05) is 25.4 Å². The van der Waals surface area contributed by atoms with Gasteiger partial charge in [0.15, 0.2) is 5.69 Å². The number of carboxylic acids is 1. The molecule has 0 aromatic carbocycles. The number of carbonyl (C=O) groups is 2. The first-order valence-corrected chi connectivity index (χ1v) is 7.66. The molecule has 8 nitrogen and oxygen atoms in total. The van der Waals surface area contributed by atoms with Crippen LogP contribution in [0.1, 0.15) is 24.3 Å². The van der Waals surface area contributed by atoms with E-state index in [0.29, 0.717) is 13.1 Å². The average molecular weight is 313 g/mol. The number of hydrogen-bond acceptors (Lipinski definition) is 5. The van der Waals surface area contributed by atoms with E-state index < -0.39 is 5.97 Å². The predicted octanol–water partition coefficient (Wildman–Crippen LogP) is 0.513. The highest BCUT2D eigenvalue weighted by molar-refractivity contribution is 8.00. The molecule has 9 heteroatoms. The van der Waals surface area contributed by atoms with Crippen molar-refractivity contribution in [3.05, 3.63) is 11.9 Å². The molecule has 1 saturated heterocycles. The average Bonchev–Trinajstić information content (AvgIpc) is 2.86. The van der Waals surface area contributed by atoms with Gasteiger partial charge in [-0.15, -0.1) is 5.10 Å². The summed E-state index contributed by atoms with van der Waals surface area (Å²) in [5, 5.41) is 18.8. The zero-order valence-corrected chi connectivity index (χ0v) is 12.9. The molecular weight excluding hydrogens is 294 g/mol. The van der Waals surface area contributed by atoms with Crippen molar-refractivity contribution in [1.82, 2.24) is 25.2 Å². The number of aromatic carboxylic acids is 1. The Hall–Kier alpha value is -1.77. The van der Waals surface area contributed by atoms with E-state index in [0.717, 1.165) is 18.8 Å². The van der Waals surface area contributed by atoms with E-state index in [4.69, 9.17) is 5.11 Å². The van der Waals surface area contributed by atoms with Gasteiger partial charge >= 0.3 is 12.0 Å². The summed E-state index contributed by atoms with van der Waals surface area (Å²) >= 11 is 1.87. The van der Waals surface area contributed by atoms with Crippen molar-refractivity contribution < 1.29 is 14.7 Å². The van der Waals surface area contributed by atoms with Gasteiger partial charge in [-0.1, -0.05) is 5.21 Å². The number of amides is 2. The van der Waals surface area contributed by atoms with E-state index in [1.165, 1.54) is 10.9 Å². The van der Waals surface area contributed by atoms with Gasteiger partial charge in [0.25, 0.3) is 0 Å². The lowest BCUT2D eigenvalue weighted by atomic mass is 10.2. The van der Waals surface area contributed by atoms with Crippen molar-refractivity contribution in [3.8, 4) is 0 Å². The monoisotopic (exact) mass is 313 g/mol. The molecule has 2 N–H and O–H groups in total. The predicted molar refractivity (Wildman–Crippen MR) is 78.5 cm³/mol. The highest BCUT2D eigenvalue weighted by atomic mass is 32.2. The smallest absolute Gasteiger partial charge is 0.358 e. The second-order valence-electron chi connectivity index (χ2n) is 5.43. The topological polar surface area (TPSA) is 100 Å². The first-order chi connectivity index (χ1) is 9.87. The first-order valence-electron chi connectivity index (χ1n) is 6.67. The largest absolute Gasteiger partial charge is 0.476 e. The van der Waals surface area contributed by atoms with Gasteiger partial charge < -0.3 is 15.3 Å². The molecule has 2 heterocycles. The molecule has 0 spiro atoms. The molecule has 0 bridgehead atoms. The fourth-order valence-corrected chi connectivity index (χ4v) is 3.20. The number of rotatable bonds is 4. The Kier molecular flexibility index (Phi) is 4.71. The third kappa shape index (κ3) is 4.35. The van der Waals surface area contributed by atoms with E-state index >= 15 is 0 Å². The molecule has 2 rings (SSSR count). The fourth-order valence-electron chi connectivity index (χ4n) is 2.08. The van der Waals surface area contributed by atoms with Crippen LogP contribution in [-0.2, 0) is 6.54 Å². The van der Waals surface area contributed by atoms with Crippen LogP contribution >= 0.6 is 11.8 Å². The maximum atomic E-state index is 12.1. The molecule has 1 aliphatic heterocycles. The van der Waals surface area contributed by atoms with Crippen LogP contribution in [0.4, 0.5) is 4.79 Å². The summed E-state index contributed by atoms with van der Waals surface area (Å²) in [4.78, 5) is 24.5.